The number of rotatable bonds is 0. The van der Waals surface area contributed by atoms with E-state index in [-0.39, 0.29) is 249 Å². The van der Waals surface area contributed by atoms with Crippen LogP contribution < -0.4 is 0 Å². The molecule has 417 valence electrons. The molecular weight excluding hydrogens is 898 g/mol. The van der Waals surface area contributed by atoms with E-state index in [0.717, 1.165) is 0 Å². The monoisotopic (exact) mass is 991 g/mol. The van der Waals surface area contributed by atoms with Crippen molar-refractivity contribution in [3.8, 4) is 0 Å². The van der Waals surface area contributed by atoms with Crippen LogP contribution in [0, 0.1) is 0 Å². The van der Waals surface area contributed by atoms with E-state index in [2.05, 4.69) is 0 Å². The predicted octanol–water partition coefficient (Wildman–Crippen LogP) is -41.6. The fourth-order valence-electron chi connectivity index (χ4n) is 0. The molecule has 0 aromatic carbocycles. The van der Waals surface area contributed by atoms with Crippen LogP contribution in [0.5, 0.6) is 0 Å². The van der Waals surface area contributed by atoms with E-state index in [4.69, 9.17) is 60.3 Å². The van der Waals surface area contributed by atoms with Crippen LogP contribution in [-0.2, 0) is 0 Å². The molecule has 0 aliphatic rings. The van der Waals surface area contributed by atoms with Gasteiger partial charge in [-0.15, -0.1) is 0 Å². The maximum atomic E-state index is 7.17. The standard InChI is InChI=1S/4BH3O3.Na.40H2O/c4*2-1(3)4;;;;;;;;;;;;;;;;;;;;;;;;;;;;;;;;;;;;;;;;;/h4*2-4H;;40*1H2. The molecule has 0 heterocycles. The molecule has 1 radical (unpaired) electrons. The minimum absolute atomic E-state index is 0. The van der Waals surface area contributed by atoms with Crippen molar-refractivity contribution in [3.05, 3.63) is 0 Å². The molecule has 0 aliphatic carbocycles. The van der Waals surface area contributed by atoms with Crippen molar-refractivity contribution in [2.75, 3.05) is 0 Å². The first-order valence-corrected chi connectivity index (χ1v) is 3.10. The van der Waals surface area contributed by atoms with Crippen molar-refractivity contribution in [2.45, 2.75) is 0 Å². The fraction of sp³-hybridized carbons (Fsp3) is 0. The van der Waals surface area contributed by atoms with Crippen molar-refractivity contribution in [1.82, 2.24) is 0 Å². The molecular formula is H92B4NaO52. The SMILES string of the molecule is O.O.O.O.O.O.O.O.O.O.O.O.O.O.O.O.O.O.O.O.O.O.O.O.O.O.O.O.O.O.O.O.O.O.O.O.O.O.O.O.OB(O)O.OB(O)O.OB(O)O.OB(O)O.[Na]. The Labute approximate surface area is 338 Å². The molecule has 0 aromatic rings. The van der Waals surface area contributed by atoms with Gasteiger partial charge >= 0.3 is 29.3 Å². The average Bonchev–Trinajstić information content (AvgIpc) is 1.76. The van der Waals surface area contributed by atoms with Crippen LogP contribution in [0.3, 0.4) is 0 Å². The first-order chi connectivity index (χ1) is 6.93. The summed E-state index contributed by atoms with van der Waals surface area (Å²) in [5, 5.41) is 86.0. The van der Waals surface area contributed by atoms with Gasteiger partial charge in [0.1, 0.15) is 0 Å². The van der Waals surface area contributed by atoms with E-state index in [1.54, 1.807) is 0 Å². The third kappa shape index (κ3) is 232000. The molecule has 0 fully saturated rings. The smallest absolute Gasteiger partial charge is 0.412 e. The summed E-state index contributed by atoms with van der Waals surface area (Å²) in [5.41, 5.74) is 0. The molecule has 0 aromatic heterocycles. The zero-order chi connectivity index (χ0) is 14.3. The van der Waals surface area contributed by atoms with Gasteiger partial charge in [-0.3, -0.25) is 0 Å². The van der Waals surface area contributed by atoms with E-state index < -0.39 is 29.3 Å². The summed E-state index contributed by atoms with van der Waals surface area (Å²) < 4.78 is 0. The van der Waals surface area contributed by atoms with Crippen molar-refractivity contribution < 1.29 is 279 Å². The Morgan fingerprint density at radius 1 is 0.105 bits per heavy atom. The predicted molar refractivity (Wildman–Crippen MR) is 200 cm³/mol. The molecule has 0 rings (SSSR count). The summed E-state index contributed by atoms with van der Waals surface area (Å²) >= 11 is 0. The van der Waals surface area contributed by atoms with E-state index in [9.17, 15) is 0 Å². The van der Waals surface area contributed by atoms with Crippen LogP contribution in [0.4, 0.5) is 0 Å². The Balaban J connectivity index is -0.000000000632. The molecule has 57 heavy (non-hydrogen) atoms. The van der Waals surface area contributed by atoms with Crippen molar-refractivity contribution in [1.29, 1.82) is 0 Å². The summed E-state index contributed by atoms with van der Waals surface area (Å²) in [6.45, 7) is 0. The molecule has 57 heteroatoms. The molecule has 0 spiro atoms. The minimum Gasteiger partial charge on any atom is -0.412 e. The van der Waals surface area contributed by atoms with Gasteiger partial charge in [-0.25, -0.2) is 0 Å². The van der Waals surface area contributed by atoms with Crippen LogP contribution in [0.2, 0.25) is 0 Å². The number of hydrogen-bond donors (Lipinski definition) is 12. The Kier molecular flexibility index (Phi) is 31100. The summed E-state index contributed by atoms with van der Waals surface area (Å²) in [4.78, 5) is 0. The molecule has 0 unspecified atom stereocenters. The van der Waals surface area contributed by atoms with Gasteiger partial charge in [0, 0.05) is 29.6 Å². The topological polar surface area (TPSA) is 1500 Å². The third-order valence-electron chi connectivity index (χ3n) is 0. The maximum Gasteiger partial charge on any atom is 0.631 e. The average molecular weight is 991 g/mol. The van der Waals surface area contributed by atoms with Gasteiger partial charge in [-0.05, 0) is 0 Å². The Bertz CT molecular complexity index is 71.1. The Morgan fingerprint density at radius 3 is 0.105 bits per heavy atom. The second-order valence-corrected chi connectivity index (χ2v) is 1.39. The molecule has 0 bridgehead atoms. The molecule has 0 atom stereocenters. The van der Waals surface area contributed by atoms with Gasteiger partial charge in [0.25, 0.3) is 0 Å². The zero-order valence-corrected chi connectivity index (χ0v) is 30.7. The molecule has 52 nitrogen and oxygen atoms in total. The Hall–Kier alpha value is -0.820. The summed E-state index contributed by atoms with van der Waals surface area (Å²) in [6.07, 6.45) is 0. The van der Waals surface area contributed by atoms with Gasteiger partial charge in [0.05, 0.1) is 0 Å². The fourth-order valence-corrected chi connectivity index (χ4v) is 0. The number of hydrogen-bond acceptors (Lipinski definition) is 12. The van der Waals surface area contributed by atoms with Gasteiger partial charge < -0.3 is 279 Å². The summed E-state index contributed by atoms with van der Waals surface area (Å²) in [5.74, 6) is 0. The van der Waals surface area contributed by atoms with Crippen LogP contribution in [0.15, 0.2) is 0 Å². The molecule has 0 saturated heterocycles. The molecule has 92 N–H and O–H groups in total. The quantitative estimate of drug-likeness (QED) is 0.101. The van der Waals surface area contributed by atoms with Gasteiger partial charge in [0.2, 0.25) is 0 Å². The van der Waals surface area contributed by atoms with Gasteiger partial charge in [-0.2, -0.15) is 0 Å². The minimum atomic E-state index is -2.17. The summed E-state index contributed by atoms with van der Waals surface area (Å²) in [7, 11) is -8.67. The van der Waals surface area contributed by atoms with Crippen molar-refractivity contribution in [2.24, 2.45) is 0 Å². The first kappa shape index (κ1) is 1370. The van der Waals surface area contributed by atoms with Crippen LogP contribution in [0.1, 0.15) is 0 Å². The van der Waals surface area contributed by atoms with Crippen molar-refractivity contribution in [3.63, 3.8) is 0 Å². The van der Waals surface area contributed by atoms with E-state index in [0.29, 0.717) is 0 Å². The van der Waals surface area contributed by atoms with E-state index >= 15 is 0 Å². The molecule has 0 saturated carbocycles. The normalized spacial score (nSPS) is 1.89. The van der Waals surface area contributed by atoms with E-state index in [1.165, 1.54) is 0 Å². The second-order valence-electron chi connectivity index (χ2n) is 1.39. The van der Waals surface area contributed by atoms with Crippen molar-refractivity contribution >= 4 is 58.8 Å². The van der Waals surface area contributed by atoms with Crippen LogP contribution in [-0.4, -0.2) is 338 Å². The van der Waals surface area contributed by atoms with Crippen LogP contribution >= 0.6 is 0 Å². The second kappa shape index (κ2) is 1300. The molecule has 0 amide bonds. The largest absolute Gasteiger partial charge is 0.631 e. The van der Waals surface area contributed by atoms with E-state index in [1.807, 2.05) is 0 Å². The third-order valence-corrected chi connectivity index (χ3v) is 0. The van der Waals surface area contributed by atoms with Gasteiger partial charge in [0.15, 0.2) is 0 Å². The maximum absolute atomic E-state index is 7.17. The summed E-state index contributed by atoms with van der Waals surface area (Å²) in [6, 6.07) is 0. The molecule has 0 aliphatic heterocycles. The Morgan fingerprint density at radius 2 is 0.105 bits per heavy atom. The zero-order valence-electron chi connectivity index (χ0n) is 28.7. The van der Waals surface area contributed by atoms with Gasteiger partial charge in [-0.1, -0.05) is 0 Å². The first-order valence-electron chi connectivity index (χ1n) is 3.10. The van der Waals surface area contributed by atoms with Crippen LogP contribution in [0.25, 0.3) is 0 Å².